The molecule has 0 N–H and O–H groups in total. The van der Waals surface area contributed by atoms with Crippen LogP contribution >= 0.6 is 0 Å². The zero-order valence-electron chi connectivity index (χ0n) is 11.8. The van der Waals surface area contributed by atoms with Gasteiger partial charge in [-0.3, -0.25) is 0 Å². The molecule has 0 saturated carbocycles. The van der Waals surface area contributed by atoms with Crippen molar-refractivity contribution in [3.8, 4) is 0 Å². The molecule has 17 heavy (non-hydrogen) atoms. The molecular formula is C12H28O4Si. The molecule has 0 heterocycles. The maximum Gasteiger partial charge on any atom is 4.00 e. The normalized spacial score (nSPS) is 7.06. The van der Waals surface area contributed by atoms with Crippen LogP contribution in [0.3, 0.4) is 0 Å². The third-order valence-electron chi connectivity index (χ3n) is 0.816. The molecule has 104 valence electrons. The van der Waals surface area contributed by atoms with Gasteiger partial charge in [0.25, 0.3) is 0 Å². The second-order valence-electron chi connectivity index (χ2n) is 2.82. The van der Waals surface area contributed by atoms with Crippen LogP contribution in [0.5, 0.6) is 0 Å². The minimum atomic E-state index is 0. The number of rotatable bonds is 4. The van der Waals surface area contributed by atoms with Crippen LogP contribution in [-0.4, -0.2) is 37.4 Å². The van der Waals surface area contributed by atoms with Crippen LogP contribution in [0, 0.1) is 0 Å². The summed E-state index contributed by atoms with van der Waals surface area (Å²) >= 11 is 0. The topological polar surface area (TPSA) is 92.2 Å². The van der Waals surface area contributed by atoms with Gasteiger partial charge in [0.1, 0.15) is 0 Å². The minimum absolute atomic E-state index is 0. The largest absolute Gasteiger partial charge is 4.00 e. The summed E-state index contributed by atoms with van der Waals surface area (Å²) in [6.07, 6.45) is 3.06. The van der Waals surface area contributed by atoms with Crippen molar-refractivity contribution < 1.29 is 20.4 Å². The summed E-state index contributed by atoms with van der Waals surface area (Å²) in [5.74, 6) is 0. The maximum atomic E-state index is 9.30. The van der Waals surface area contributed by atoms with Gasteiger partial charge in [0, 0.05) is 0 Å². The van der Waals surface area contributed by atoms with E-state index >= 15 is 0 Å². The average Bonchev–Trinajstić information content (AvgIpc) is 2.39. The predicted molar refractivity (Wildman–Crippen MR) is 66.4 cm³/mol. The Morgan fingerprint density at radius 2 is 0.529 bits per heavy atom. The van der Waals surface area contributed by atoms with Gasteiger partial charge < -0.3 is 20.4 Å². The molecule has 0 spiro atoms. The van der Waals surface area contributed by atoms with Crippen LogP contribution in [0.25, 0.3) is 0 Å². The third kappa shape index (κ3) is 193. The van der Waals surface area contributed by atoms with E-state index < -0.39 is 0 Å². The smallest absolute Gasteiger partial charge is 0.854 e. The average molecular weight is 264 g/mol. The Labute approximate surface area is 112 Å². The first kappa shape index (κ1) is 30.3. The van der Waals surface area contributed by atoms with Crippen molar-refractivity contribution in [2.75, 3.05) is 26.4 Å². The van der Waals surface area contributed by atoms with Gasteiger partial charge in [0.05, 0.1) is 0 Å². The Hall–Kier alpha value is 0.0569. The fourth-order valence-corrected chi connectivity index (χ4v) is 0. The Bertz CT molecular complexity index is 42.5. The fraction of sp³-hybridized carbons (Fsp3) is 1.00. The van der Waals surface area contributed by atoms with Crippen LogP contribution in [-0.2, 0) is 0 Å². The molecule has 5 heteroatoms. The molecule has 0 radical (unpaired) electrons. The van der Waals surface area contributed by atoms with Crippen LogP contribution in [0.15, 0.2) is 0 Å². The summed E-state index contributed by atoms with van der Waals surface area (Å²) in [5, 5.41) is 37.2. The van der Waals surface area contributed by atoms with E-state index in [1.807, 2.05) is 27.7 Å². The van der Waals surface area contributed by atoms with E-state index in [4.69, 9.17) is 0 Å². The van der Waals surface area contributed by atoms with Crippen molar-refractivity contribution in [2.45, 2.75) is 53.4 Å². The van der Waals surface area contributed by atoms with Gasteiger partial charge in [-0.2, -0.15) is 0 Å². The quantitative estimate of drug-likeness (QED) is 0.587. The molecule has 0 aliphatic rings. The minimum Gasteiger partial charge on any atom is -0.854 e. The van der Waals surface area contributed by atoms with Crippen LogP contribution in [0.1, 0.15) is 53.4 Å². The Morgan fingerprint density at radius 3 is 0.529 bits per heavy atom. The standard InChI is InChI=1S/4C3H7O.Si/c4*1-2-3-4;/h4*2-3H2,1H3;/q4*-1;+4. The molecule has 0 rings (SSSR count). The van der Waals surface area contributed by atoms with Crippen LogP contribution in [0.2, 0.25) is 0 Å². The van der Waals surface area contributed by atoms with E-state index in [1.165, 1.54) is 0 Å². The first-order valence-electron chi connectivity index (χ1n) is 5.98. The summed E-state index contributed by atoms with van der Waals surface area (Å²) in [6, 6.07) is 0. The zero-order valence-corrected chi connectivity index (χ0v) is 12.8. The number of hydrogen-bond acceptors (Lipinski definition) is 4. The first-order chi connectivity index (χ1) is 7.66. The van der Waals surface area contributed by atoms with Gasteiger partial charge in [-0.05, 0) is 0 Å². The van der Waals surface area contributed by atoms with Crippen molar-refractivity contribution in [1.29, 1.82) is 0 Å². The maximum absolute atomic E-state index is 9.30. The van der Waals surface area contributed by atoms with Gasteiger partial charge in [0.2, 0.25) is 0 Å². The SMILES string of the molecule is CCC[O-].CCC[O-].CCC[O-].CCC[O-].[Si+4]. The van der Waals surface area contributed by atoms with E-state index in [9.17, 15) is 20.4 Å². The van der Waals surface area contributed by atoms with Crippen LogP contribution in [0.4, 0.5) is 0 Å². The first-order valence-corrected chi connectivity index (χ1v) is 5.98. The Balaban J connectivity index is -0.0000000369. The molecule has 0 saturated heterocycles. The molecule has 0 aromatic carbocycles. The van der Waals surface area contributed by atoms with E-state index in [0.29, 0.717) is 0 Å². The molecule has 0 aromatic heterocycles. The Morgan fingerprint density at radius 1 is 0.471 bits per heavy atom. The van der Waals surface area contributed by atoms with Gasteiger partial charge >= 0.3 is 11.0 Å². The van der Waals surface area contributed by atoms with E-state index in [1.54, 1.807) is 0 Å². The molecule has 0 atom stereocenters. The molecule has 0 bridgehead atoms. The zero-order chi connectivity index (χ0) is 13.7. The van der Waals surface area contributed by atoms with Gasteiger partial charge in [-0.1, -0.05) is 53.4 Å². The molecule has 0 aliphatic carbocycles. The molecule has 0 unspecified atom stereocenters. The van der Waals surface area contributed by atoms with E-state index in [2.05, 4.69) is 0 Å². The summed E-state index contributed by atoms with van der Waals surface area (Å²) in [7, 11) is 0. The third-order valence-corrected chi connectivity index (χ3v) is 0.816. The molecule has 4 nitrogen and oxygen atoms in total. The van der Waals surface area contributed by atoms with E-state index in [-0.39, 0.29) is 37.4 Å². The molecular weight excluding hydrogens is 236 g/mol. The Kier molecular flexibility index (Phi) is 99.8. The monoisotopic (exact) mass is 264 g/mol. The molecule has 0 aromatic rings. The van der Waals surface area contributed by atoms with Crippen molar-refractivity contribution in [1.82, 2.24) is 0 Å². The van der Waals surface area contributed by atoms with Gasteiger partial charge in [-0.25, -0.2) is 0 Å². The summed E-state index contributed by atoms with van der Waals surface area (Å²) < 4.78 is 0. The molecule has 0 aliphatic heterocycles. The van der Waals surface area contributed by atoms with E-state index in [0.717, 1.165) is 25.7 Å². The van der Waals surface area contributed by atoms with Crippen molar-refractivity contribution >= 4 is 11.0 Å². The van der Waals surface area contributed by atoms with Gasteiger partial charge in [0.15, 0.2) is 0 Å². The van der Waals surface area contributed by atoms with Crippen molar-refractivity contribution in [2.24, 2.45) is 0 Å². The predicted octanol–water partition coefficient (Wildman–Crippen LogP) is -1.35. The second-order valence-corrected chi connectivity index (χ2v) is 2.82. The fourth-order valence-electron chi connectivity index (χ4n) is 0. The number of hydrogen-bond donors (Lipinski definition) is 0. The summed E-state index contributed by atoms with van der Waals surface area (Å²) in [4.78, 5) is 0. The molecule has 0 amide bonds. The van der Waals surface area contributed by atoms with Crippen molar-refractivity contribution in [3.63, 3.8) is 0 Å². The summed E-state index contributed by atoms with van der Waals surface area (Å²) in [6.45, 7) is 7.75. The summed E-state index contributed by atoms with van der Waals surface area (Å²) in [5.41, 5.74) is 0. The van der Waals surface area contributed by atoms with Crippen LogP contribution < -0.4 is 20.4 Å². The second kappa shape index (κ2) is 56.1. The van der Waals surface area contributed by atoms with Gasteiger partial charge in [-0.15, -0.1) is 26.4 Å². The van der Waals surface area contributed by atoms with Crippen molar-refractivity contribution in [3.05, 3.63) is 0 Å². The molecule has 0 fully saturated rings.